The van der Waals surface area contributed by atoms with Crippen LogP contribution in [0.15, 0.2) is 18.2 Å². The van der Waals surface area contributed by atoms with Gasteiger partial charge in [-0.1, -0.05) is 0 Å². The Hall–Kier alpha value is -1.18. The van der Waals surface area contributed by atoms with Crippen molar-refractivity contribution in [2.45, 2.75) is 19.8 Å². The summed E-state index contributed by atoms with van der Waals surface area (Å²) in [6, 6.07) is 6.25. The lowest BCUT2D eigenvalue weighted by Crippen LogP contribution is -2.28. The van der Waals surface area contributed by atoms with Crippen LogP contribution in [0.25, 0.3) is 0 Å². The van der Waals surface area contributed by atoms with Gasteiger partial charge in [-0.05, 0) is 43.5 Å². The van der Waals surface area contributed by atoms with Crippen molar-refractivity contribution in [3.63, 3.8) is 0 Å². The standard InChI is InChI=1S/C11H16N2/c1-2-13-7-3-4-9-8-10(12)5-6-11(9)13/h5-6,8H,2-4,7,12H2,1H3. The number of hydrogen-bond acceptors (Lipinski definition) is 2. The van der Waals surface area contributed by atoms with Crippen molar-refractivity contribution in [1.82, 2.24) is 0 Å². The van der Waals surface area contributed by atoms with E-state index in [9.17, 15) is 0 Å². The van der Waals surface area contributed by atoms with Crippen LogP contribution >= 0.6 is 0 Å². The van der Waals surface area contributed by atoms with Gasteiger partial charge in [0.05, 0.1) is 0 Å². The summed E-state index contributed by atoms with van der Waals surface area (Å²) >= 11 is 0. The van der Waals surface area contributed by atoms with E-state index in [1.165, 1.54) is 30.6 Å². The fraction of sp³-hybridized carbons (Fsp3) is 0.455. The Kier molecular flexibility index (Phi) is 2.13. The van der Waals surface area contributed by atoms with Gasteiger partial charge in [0, 0.05) is 24.5 Å². The summed E-state index contributed by atoms with van der Waals surface area (Å²) < 4.78 is 0. The van der Waals surface area contributed by atoms with Gasteiger partial charge in [0.25, 0.3) is 0 Å². The van der Waals surface area contributed by atoms with E-state index in [4.69, 9.17) is 5.73 Å². The topological polar surface area (TPSA) is 29.3 Å². The lowest BCUT2D eigenvalue weighted by atomic mass is 10.0. The van der Waals surface area contributed by atoms with Crippen molar-refractivity contribution in [2.24, 2.45) is 0 Å². The van der Waals surface area contributed by atoms with Crippen molar-refractivity contribution in [1.29, 1.82) is 0 Å². The number of nitrogen functional groups attached to an aromatic ring is 1. The van der Waals surface area contributed by atoms with E-state index >= 15 is 0 Å². The third-order valence-electron chi connectivity index (χ3n) is 2.70. The van der Waals surface area contributed by atoms with Crippen LogP contribution in [0.3, 0.4) is 0 Å². The Morgan fingerprint density at radius 1 is 1.46 bits per heavy atom. The summed E-state index contributed by atoms with van der Waals surface area (Å²) in [5.74, 6) is 0. The van der Waals surface area contributed by atoms with Crippen molar-refractivity contribution in [3.05, 3.63) is 23.8 Å². The second-order valence-corrected chi connectivity index (χ2v) is 3.57. The van der Waals surface area contributed by atoms with Gasteiger partial charge in [0.1, 0.15) is 0 Å². The highest BCUT2D eigenvalue weighted by Gasteiger charge is 2.14. The first-order chi connectivity index (χ1) is 6.31. The molecule has 0 radical (unpaired) electrons. The lowest BCUT2D eigenvalue weighted by Gasteiger charge is -2.30. The van der Waals surface area contributed by atoms with Gasteiger partial charge in [-0.2, -0.15) is 0 Å². The molecule has 1 heterocycles. The predicted octanol–water partition coefficient (Wildman–Crippen LogP) is 2.04. The van der Waals surface area contributed by atoms with E-state index in [1.807, 2.05) is 6.07 Å². The van der Waals surface area contributed by atoms with Crippen molar-refractivity contribution in [3.8, 4) is 0 Å². The summed E-state index contributed by atoms with van der Waals surface area (Å²) in [6.45, 7) is 4.48. The first kappa shape index (κ1) is 8.42. The van der Waals surface area contributed by atoms with Gasteiger partial charge in [-0.3, -0.25) is 0 Å². The molecule has 1 aromatic rings. The molecule has 1 aliphatic heterocycles. The second-order valence-electron chi connectivity index (χ2n) is 3.57. The highest BCUT2D eigenvalue weighted by atomic mass is 15.1. The van der Waals surface area contributed by atoms with E-state index in [0.29, 0.717) is 0 Å². The van der Waals surface area contributed by atoms with E-state index in [1.54, 1.807) is 0 Å². The van der Waals surface area contributed by atoms with Crippen molar-refractivity contribution >= 4 is 11.4 Å². The molecule has 2 nitrogen and oxygen atoms in total. The molecular weight excluding hydrogens is 160 g/mol. The fourth-order valence-electron chi connectivity index (χ4n) is 2.02. The highest BCUT2D eigenvalue weighted by Crippen LogP contribution is 2.28. The van der Waals surface area contributed by atoms with Gasteiger partial charge in [-0.15, -0.1) is 0 Å². The minimum atomic E-state index is 0.886. The summed E-state index contributed by atoms with van der Waals surface area (Å²) in [4.78, 5) is 2.41. The monoisotopic (exact) mass is 176 g/mol. The molecule has 1 aromatic carbocycles. The number of rotatable bonds is 1. The van der Waals surface area contributed by atoms with Crippen LogP contribution in [0.5, 0.6) is 0 Å². The molecule has 0 amide bonds. The molecule has 13 heavy (non-hydrogen) atoms. The molecular formula is C11H16N2. The molecule has 0 saturated heterocycles. The van der Waals surface area contributed by atoms with E-state index in [0.717, 1.165) is 12.2 Å². The van der Waals surface area contributed by atoms with Crippen molar-refractivity contribution in [2.75, 3.05) is 23.7 Å². The largest absolute Gasteiger partial charge is 0.399 e. The molecule has 0 fully saturated rings. The number of nitrogens with two attached hydrogens (primary N) is 1. The summed E-state index contributed by atoms with van der Waals surface area (Å²) in [7, 11) is 0. The van der Waals surface area contributed by atoms with Crippen LogP contribution in [-0.4, -0.2) is 13.1 Å². The van der Waals surface area contributed by atoms with Crippen molar-refractivity contribution < 1.29 is 0 Å². The van der Waals surface area contributed by atoms with Gasteiger partial charge in [0.15, 0.2) is 0 Å². The number of aryl methyl sites for hydroxylation is 1. The number of fused-ring (bicyclic) bond motifs is 1. The van der Waals surface area contributed by atoms with Crippen LogP contribution in [-0.2, 0) is 6.42 Å². The molecule has 0 aromatic heterocycles. The molecule has 0 bridgehead atoms. The molecule has 0 saturated carbocycles. The Morgan fingerprint density at radius 2 is 2.31 bits per heavy atom. The van der Waals surface area contributed by atoms with E-state index in [2.05, 4.69) is 24.0 Å². The van der Waals surface area contributed by atoms with Crippen LogP contribution in [0.1, 0.15) is 18.9 Å². The van der Waals surface area contributed by atoms with Gasteiger partial charge in [-0.25, -0.2) is 0 Å². The number of hydrogen-bond donors (Lipinski definition) is 1. The maximum Gasteiger partial charge on any atom is 0.0400 e. The fourth-order valence-corrected chi connectivity index (χ4v) is 2.02. The zero-order chi connectivity index (χ0) is 9.26. The Bertz CT molecular complexity index is 307. The SMILES string of the molecule is CCN1CCCc2cc(N)ccc21. The molecule has 1 aliphatic rings. The Morgan fingerprint density at radius 3 is 3.08 bits per heavy atom. The number of anilines is 2. The smallest absolute Gasteiger partial charge is 0.0400 e. The van der Waals surface area contributed by atoms with Crippen LogP contribution in [0.2, 0.25) is 0 Å². The van der Waals surface area contributed by atoms with Gasteiger partial charge >= 0.3 is 0 Å². The minimum Gasteiger partial charge on any atom is -0.399 e. The molecule has 0 spiro atoms. The average molecular weight is 176 g/mol. The zero-order valence-electron chi connectivity index (χ0n) is 8.09. The number of benzene rings is 1. The molecule has 0 atom stereocenters. The van der Waals surface area contributed by atoms with Crippen LogP contribution in [0, 0.1) is 0 Å². The predicted molar refractivity (Wildman–Crippen MR) is 57.1 cm³/mol. The Balaban J connectivity index is 2.40. The molecule has 2 rings (SSSR count). The minimum absolute atomic E-state index is 0.886. The molecule has 0 unspecified atom stereocenters. The third kappa shape index (κ3) is 1.48. The highest BCUT2D eigenvalue weighted by molar-refractivity contribution is 5.60. The van der Waals surface area contributed by atoms with Gasteiger partial charge in [0.2, 0.25) is 0 Å². The maximum atomic E-state index is 5.75. The van der Waals surface area contributed by atoms with Gasteiger partial charge < -0.3 is 10.6 Å². The molecule has 2 N–H and O–H groups in total. The zero-order valence-corrected chi connectivity index (χ0v) is 8.09. The van der Waals surface area contributed by atoms with Crippen LogP contribution in [0.4, 0.5) is 11.4 Å². The second kappa shape index (κ2) is 3.29. The molecule has 2 heteroatoms. The first-order valence-electron chi connectivity index (χ1n) is 4.94. The first-order valence-corrected chi connectivity index (χ1v) is 4.94. The summed E-state index contributed by atoms with van der Waals surface area (Å²) in [5.41, 5.74) is 9.42. The molecule has 0 aliphatic carbocycles. The van der Waals surface area contributed by atoms with Crippen LogP contribution < -0.4 is 10.6 Å². The summed E-state index contributed by atoms with van der Waals surface area (Å²) in [5, 5.41) is 0. The Labute approximate surface area is 79.4 Å². The maximum absolute atomic E-state index is 5.75. The quantitative estimate of drug-likeness (QED) is 0.663. The van der Waals surface area contributed by atoms with E-state index < -0.39 is 0 Å². The van der Waals surface area contributed by atoms with E-state index in [-0.39, 0.29) is 0 Å². The number of nitrogens with zero attached hydrogens (tertiary/aromatic N) is 1. The average Bonchev–Trinajstić information content (AvgIpc) is 2.16. The normalized spacial score (nSPS) is 15.6. The molecule has 70 valence electrons. The third-order valence-corrected chi connectivity index (χ3v) is 2.70. The lowest BCUT2D eigenvalue weighted by molar-refractivity contribution is 0.708. The summed E-state index contributed by atoms with van der Waals surface area (Å²) in [6.07, 6.45) is 2.43.